The van der Waals surface area contributed by atoms with E-state index in [0.717, 1.165) is 10.2 Å². The molecule has 2 aromatic carbocycles. The molecule has 1 aliphatic heterocycles. The van der Waals surface area contributed by atoms with Crippen LogP contribution in [0.25, 0.3) is 0 Å². The Morgan fingerprint density at radius 3 is 2.56 bits per heavy atom. The molecular formula is C19H18BrClN2O4. The first-order valence-corrected chi connectivity index (χ1v) is 9.39. The Bertz CT molecular complexity index is 890. The van der Waals surface area contributed by atoms with Gasteiger partial charge < -0.3 is 19.7 Å². The number of carbonyl (C=O) groups excluding carboxylic acids is 2. The molecule has 0 spiro atoms. The third kappa shape index (κ3) is 4.04. The number of ether oxygens (including phenoxy) is 2. The van der Waals surface area contributed by atoms with Gasteiger partial charge in [-0.15, -0.1) is 0 Å². The third-order valence-corrected chi connectivity index (χ3v) is 5.35. The van der Waals surface area contributed by atoms with Crippen molar-refractivity contribution in [3.05, 3.63) is 45.9 Å². The third-order valence-electron chi connectivity index (χ3n) is 4.37. The number of halogens is 2. The Hall–Kier alpha value is -2.25. The Kier molecular flexibility index (Phi) is 5.92. The minimum absolute atomic E-state index is 0.0968. The van der Waals surface area contributed by atoms with E-state index in [0.29, 0.717) is 28.8 Å². The number of benzene rings is 2. The van der Waals surface area contributed by atoms with Crippen LogP contribution in [-0.4, -0.2) is 32.6 Å². The number of methoxy groups -OCH3 is 2. The van der Waals surface area contributed by atoms with Gasteiger partial charge in [0.15, 0.2) is 11.5 Å². The highest BCUT2D eigenvalue weighted by atomic mass is 79.9. The van der Waals surface area contributed by atoms with Gasteiger partial charge in [0, 0.05) is 29.6 Å². The van der Waals surface area contributed by atoms with Crippen molar-refractivity contribution in [3.63, 3.8) is 0 Å². The van der Waals surface area contributed by atoms with E-state index in [4.69, 9.17) is 21.1 Å². The number of hydrogen-bond acceptors (Lipinski definition) is 4. The van der Waals surface area contributed by atoms with Crippen molar-refractivity contribution in [1.29, 1.82) is 0 Å². The van der Waals surface area contributed by atoms with E-state index in [-0.39, 0.29) is 18.2 Å². The van der Waals surface area contributed by atoms with Gasteiger partial charge in [0.1, 0.15) is 0 Å². The molecule has 1 heterocycles. The van der Waals surface area contributed by atoms with E-state index in [9.17, 15) is 9.59 Å². The molecule has 1 fully saturated rings. The lowest BCUT2D eigenvalue weighted by Gasteiger charge is -2.18. The highest BCUT2D eigenvalue weighted by molar-refractivity contribution is 9.10. The van der Waals surface area contributed by atoms with Gasteiger partial charge in [0.25, 0.3) is 0 Å². The summed E-state index contributed by atoms with van der Waals surface area (Å²) in [7, 11) is 3.01. The molecule has 1 atom stereocenters. The van der Waals surface area contributed by atoms with Crippen molar-refractivity contribution in [1.82, 2.24) is 0 Å². The highest BCUT2D eigenvalue weighted by Gasteiger charge is 2.36. The van der Waals surface area contributed by atoms with E-state index in [1.807, 2.05) is 24.3 Å². The van der Waals surface area contributed by atoms with Crippen molar-refractivity contribution >= 4 is 50.7 Å². The number of para-hydroxylation sites is 1. The lowest BCUT2D eigenvalue weighted by Crippen LogP contribution is -2.28. The summed E-state index contributed by atoms with van der Waals surface area (Å²) < 4.78 is 11.2. The Morgan fingerprint density at radius 1 is 1.22 bits per heavy atom. The summed E-state index contributed by atoms with van der Waals surface area (Å²) in [6.07, 6.45) is 0.137. The van der Waals surface area contributed by atoms with Crippen LogP contribution in [0.4, 0.5) is 11.4 Å². The largest absolute Gasteiger partial charge is 0.493 e. The van der Waals surface area contributed by atoms with Crippen LogP contribution in [0.2, 0.25) is 5.02 Å². The van der Waals surface area contributed by atoms with Gasteiger partial charge in [-0.2, -0.15) is 0 Å². The van der Waals surface area contributed by atoms with Crippen LogP contribution in [0, 0.1) is 5.92 Å². The predicted octanol–water partition coefficient (Wildman–Crippen LogP) is 4.11. The van der Waals surface area contributed by atoms with Crippen molar-refractivity contribution in [3.8, 4) is 11.5 Å². The monoisotopic (exact) mass is 452 g/mol. The van der Waals surface area contributed by atoms with Gasteiger partial charge in [-0.1, -0.05) is 23.7 Å². The summed E-state index contributed by atoms with van der Waals surface area (Å²) in [5, 5.41) is 3.12. The summed E-state index contributed by atoms with van der Waals surface area (Å²) in [4.78, 5) is 26.7. The zero-order chi connectivity index (χ0) is 19.6. The van der Waals surface area contributed by atoms with Gasteiger partial charge in [-0.25, -0.2) is 0 Å². The van der Waals surface area contributed by atoms with Crippen molar-refractivity contribution in [2.75, 3.05) is 31.0 Å². The second kappa shape index (κ2) is 8.19. The van der Waals surface area contributed by atoms with Crippen LogP contribution in [0.3, 0.4) is 0 Å². The first-order valence-electron chi connectivity index (χ1n) is 8.22. The maximum atomic E-state index is 12.7. The number of nitrogens with one attached hydrogen (secondary N) is 1. The molecule has 3 rings (SSSR count). The molecular weight excluding hydrogens is 436 g/mol. The second-order valence-electron chi connectivity index (χ2n) is 6.03. The summed E-state index contributed by atoms with van der Waals surface area (Å²) >= 11 is 9.67. The van der Waals surface area contributed by atoms with Crippen molar-refractivity contribution in [2.45, 2.75) is 6.42 Å². The molecule has 0 aromatic heterocycles. The average Bonchev–Trinajstić information content (AvgIpc) is 3.05. The standard InChI is InChI=1S/C19H18BrClN2O4/c1-26-16-8-13(21)14(9-17(16)27-2)22-19(25)11-7-18(24)23(10-11)15-6-4-3-5-12(15)20/h3-6,8-9,11H,7,10H2,1-2H3,(H,22,25)/t11-/m1/s1. The van der Waals surface area contributed by atoms with Gasteiger partial charge in [0.05, 0.1) is 36.5 Å². The fourth-order valence-corrected chi connectivity index (χ4v) is 3.67. The zero-order valence-corrected chi connectivity index (χ0v) is 17.1. The molecule has 27 heavy (non-hydrogen) atoms. The van der Waals surface area contributed by atoms with Gasteiger partial charge in [-0.3, -0.25) is 9.59 Å². The van der Waals surface area contributed by atoms with Crippen molar-refractivity contribution in [2.24, 2.45) is 5.92 Å². The summed E-state index contributed by atoms with van der Waals surface area (Å²) in [6, 6.07) is 10.6. The number of amides is 2. The van der Waals surface area contributed by atoms with Gasteiger partial charge in [0.2, 0.25) is 11.8 Å². The summed E-state index contributed by atoms with van der Waals surface area (Å²) in [6.45, 7) is 0.304. The SMILES string of the molecule is COc1cc(Cl)c(NC(=O)[C@@H]2CC(=O)N(c3ccccc3Br)C2)cc1OC. The Balaban J connectivity index is 1.76. The molecule has 1 N–H and O–H groups in total. The number of rotatable bonds is 5. The molecule has 2 aromatic rings. The normalized spacial score (nSPS) is 16.4. The van der Waals surface area contributed by atoms with Crippen LogP contribution >= 0.6 is 27.5 Å². The molecule has 0 unspecified atom stereocenters. The number of hydrogen-bond donors (Lipinski definition) is 1. The minimum Gasteiger partial charge on any atom is -0.493 e. The van der Waals surface area contributed by atoms with Crippen LogP contribution in [0.15, 0.2) is 40.9 Å². The summed E-state index contributed by atoms with van der Waals surface area (Å²) in [5.74, 6) is 0.0763. The zero-order valence-electron chi connectivity index (χ0n) is 14.8. The van der Waals surface area contributed by atoms with Gasteiger partial charge in [-0.05, 0) is 28.1 Å². The van der Waals surface area contributed by atoms with E-state index in [1.165, 1.54) is 14.2 Å². The molecule has 6 nitrogen and oxygen atoms in total. The molecule has 2 amide bonds. The van der Waals surface area contributed by atoms with Crippen molar-refractivity contribution < 1.29 is 19.1 Å². The topological polar surface area (TPSA) is 67.9 Å². The Morgan fingerprint density at radius 2 is 1.89 bits per heavy atom. The molecule has 142 valence electrons. The lowest BCUT2D eigenvalue weighted by molar-refractivity contribution is -0.122. The fraction of sp³-hybridized carbons (Fsp3) is 0.263. The van der Waals surface area contributed by atoms with Crippen LogP contribution < -0.4 is 19.7 Å². The van der Waals surface area contributed by atoms with Crippen LogP contribution in [-0.2, 0) is 9.59 Å². The average molecular weight is 454 g/mol. The summed E-state index contributed by atoms with van der Waals surface area (Å²) in [5.41, 5.74) is 1.16. The quantitative estimate of drug-likeness (QED) is 0.740. The maximum Gasteiger partial charge on any atom is 0.229 e. The number of anilines is 2. The van der Waals surface area contributed by atoms with E-state index in [1.54, 1.807) is 17.0 Å². The van der Waals surface area contributed by atoms with E-state index in [2.05, 4.69) is 21.2 Å². The van der Waals surface area contributed by atoms with E-state index >= 15 is 0 Å². The molecule has 1 saturated heterocycles. The Labute approximate surface area is 170 Å². The molecule has 0 saturated carbocycles. The molecule has 8 heteroatoms. The fourth-order valence-electron chi connectivity index (χ4n) is 2.97. The number of nitrogens with zero attached hydrogens (tertiary/aromatic N) is 1. The maximum absolute atomic E-state index is 12.7. The van der Waals surface area contributed by atoms with Gasteiger partial charge >= 0.3 is 0 Å². The molecule has 0 bridgehead atoms. The molecule has 0 radical (unpaired) electrons. The minimum atomic E-state index is -0.478. The lowest BCUT2D eigenvalue weighted by atomic mass is 10.1. The smallest absolute Gasteiger partial charge is 0.229 e. The van der Waals surface area contributed by atoms with E-state index < -0.39 is 5.92 Å². The molecule has 1 aliphatic rings. The highest BCUT2D eigenvalue weighted by Crippen LogP contribution is 2.37. The first kappa shape index (κ1) is 19.5. The molecule has 0 aliphatic carbocycles. The van der Waals surface area contributed by atoms with Crippen LogP contribution in [0.5, 0.6) is 11.5 Å². The number of carbonyl (C=O) groups is 2. The predicted molar refractivity (Wildman–Crippen MR) is 108 cm³/mol. The second-order valence-corrected chi connectivity index (χ2v) is 7.29. The van der Waals surface area contributed by atoms with Crippen LogP contribution in [0.1, 0.15) is 6.42 Å². The first-order chi connectivity index (χ1) is 12.9.